The molecule has 3 N–H and O–H groups in total. The van der Waals surface area contributed by atoms with Crippen LogP contribution in [0.1, 0.15) is 62.1 Å². The van der Waals surface area contributed by atoms with Gasteiger partial charge in [0.15, 0.2) is 5.69 Å². The molecule has 1 aliphatic rings. The fourth-order valence-electron chi connectivity index (χ4n) is 4.42. The van der Waals surface area contributed by atoms with Crippen LogP contribution in [0.25, 0.3) is 0 Å². The summed E-state index contributed by atoms with van der Waals surface area (Å²) in [5.74, 6) is -2.61. The van der Waals surface area contributed by atoms with E-state index >= 15 is 0 Å². The molecule has 1 aromatic heterocycles. The van der Waals surface area contributed by atoms with Crippen LogP contribution in [0.4, 0.5) is 32.2 Å². The summed E-state index contributed by atoms with van der Waals surface area (Å²) in [7, 11) is 0. The lowest BCUT2D eigenvalue weighted by Gasteiger charge is -2.22. The summed E-state index contributed by atoms with van der Waals surface area (Å²) in [6.07, 6.45) is -9.69. The van der Waals surface area contributed by atoms with Crippen molar-refractivity contribution >= 4 is 17.7 Å². The number of fused-ring (bicyclic) bond motifs is 1. The van der Waals surface area contributed by atoms with Crippen molar-refractivity contribution in [3.63, 3.8) is 0 Å². The highest BCUT2D eigenvalue weighted by Crippen LogP contribution is 2.41. The topological polar surface area (TPSA) is 108 Å². The van der Waals surface area contributed by atoms with Crippen LogP contribution in [-0.4, -0.2) is 45.0 Å². The number of carboxylic acids is 1. The molecule has 3 aromatic rings. The number of aliphatic hydroxyl groups is 1. The summed E-state index contributed by atoms with van der Waals surface area (Å²) < 4.78 is 82.4. The highest BCUT2D eigenvalue weighted by Gasteiger charge is 2.46. The number of aromatic carboxylic acids is 1. The molecule has 39 heavy (non-hydrogen) atoms. The van der Waals surface area contributed by atoms with Crippen LogP contribution in [0, 0.1) is 0 Å². The number of benzene rings is 2. The Morgan fingerprint density at radius 2 is 1.74 bits per heavy atom. The average molecular weight is 556 g/mol. The number of hydrogen-bond donors (Lipinski definition) is 3. The van der Waals surface area contributed by atoms with Gasteiger partial charge in [0.25, 0.3) is 5.91 Å². The molecular formula is C25H22F6N4O4. The zero-order valence-corrected chi connectivity index (χ0v) is 20.2. The quantitative estimate of drug-likeness (QED) is 0.366. The van der Waals surface area contributed by atoms with Crippen LogP contribution >= 0.6 is 0 Å². The smallest absolute Gasteiger partial charge is 0.436 e. The van der Waals surface area contributed by atoms with Crippen LogP contribution in [0.2, 0.25) is 0 Å². The Morgan fingerprint density at radius 1 is 1.08 bits per heavy atom. The van der Waals surface area contributed by atoms with Gasteiger partial charge in [0.05, 0.1) is 29.8 Å². The first-order valence-electron chi connectivity index (χ1n) is 11.6. The van der Waals surface area contributed by atoms with Crippen LogP contribution in [-0.2, 0) is 18.9 Å². The van der Waals surface area contributed by atoms with Gasteiger partial charge in [-0.15, -0.1) is 0 Å². The lowest BCUT2D eigenvalue weighted by atomic mass is 10.1. The van der Waals surface area contributed by atoms with Gasteiger partial charge in [-0.3, -0.25) is 4.79 Å². The van der Waals surface area contributed by atoms with Crippen molar-refractivity contribution in [2.45, 2.75) is 37.9 Å². The summed E-state index contributed by atoms with van der Waals surface area (Å²) in [4.78, 5) is 25.6. The van der Waals surface area contributed by atoms with Crippen LogP contribution in [0.15, 0.2) is 48.5 Å². The van der Waals surface area contributed by atoms with Crippen molar-refractivity contribution in [1.29, 1.82) is 0 Å². The largest absolute Gasteiger partial charge is 0.478 e. The number of anilines is 1. The Balaban J connectivity index is 1.71. The molecule has 0 aliphatic carbocycles. The number of carboxylic acid groups (broad SMARTS) is 1. The molecule has 0 spiro atoms. The van der Waals surface area contributed by atoms with E-state index in [9.17, 15) is 41.0 Å². The van der Waals surface area contributed by atoms with Crippen LogP contribution in [0.3, 0.4) is 0 Å². The number of alkyl halides is 6. The normalized spacial score (nSPS) is 16.2. The van der Waals surface area contributed by atoms with Gasteiger partial charge >= 0.3 is 18.3 Å². The summed E-state index contributed by atoms with van der Waals surface area (Å²) in [6, 6.07) is 7.81. The molecule has 0 saturated carbocycles. The zero-order valence-electron chi connectivity index (χ0n) is 20.2. The molecule has 0 fully saturated rings. The van der Waals surface area contributed by atoms with Gasteiger partial charge in [0.2, 0.25) is 0 Å². The lowest BCUT2D eigenvalue weighted by Crippen LogP contribution is -2.31. The van der Waals surface area contributed by atoms with Gasteiger partial charge < -0.3 is 20.4 Å². The van der Waals surface area contributed by atoms with Gasteiger partial charge in [-0.2, -0.15) is 31.4 Å². The minimum atomic E-state index is -5.06. The Bertz CT molecular complexity index is 1380. The Labute approximate surface area is 217 Å². The van der Waals surface area contributed by atoms with E-state index in [4.69, 9.17) is 5.11 Å². The summed E-state index contributed by atoms with van der Waals surface area (Å²) in [5, 5.41) is 24.9. The van der Waals surface area contributed by atoms with E-state index in [0.29, 0.717) is 5.56 Å². The first-order valence-corrected chi connectivity index (χ1v) is 11.6. The van der Waals surface area contributed by atoms with Crippen molar-refractivity contribution in [3.8, 4) is 0 Å². The van der Waals surface area contributed by atoms with E-state index in [1.165, 1.54) is 48.2 Å². The molecule has 1 aliphatic heterocycles. The predicted molar refractivity (Wildman–Crippen MR) is 125 cm³/mol. The molecule has 1 amide bonds. The second-order valence-electron chi connectivity index (χ2n) is 9.03. The Kier molecular flexibility index (Phi) is 7.34. The number of rotatable bonds is 7. The lowest BCUT2D eigenvalue weighted by molar-refractivity contribution is -0.142. The zero-order chi connectivity index (χ0) is 28.7. The van der Waals surface area contributed by atoms with Crippen molar-refractivity contribution < 1.29 is 46.1 Å². The van der Waals surface area contributed by atoms with E-state index < -0.39 is 59.7 Å². The third-order valence-electron chi connectivity index (χ3n) is 6.30. The predicted octanol–water partition coefficient (Wildman–Crippen LogP) is 4.66. The first kappa shape index (κ1) is 28.0. The monoisotopic (exact) mass is 556 g/mol. The molecule has 0 radical (unpaired) electrons. The second kappa shape index (κ2) is 10.2. The SMILES string of the molecule is C[C@H](NC(=O)c1c(C(F)(F)F)nn2c1N(Cc1cccc(C(F)(F)F)c1)CC2CO)c1ccc(C(=O)O)cc1. The standard InChI is InChI=1S/C25H22F6N4O4/c1-13(15-5-7-16(8-6-15)23(38)39)32-21(37)19-20(25(29,30)31)33-35-18(12-36)11-34(22(19)35)10-14-3-2-4-17(9-14)24(26,27)28/h2-9,13,18,36H,10-12H2,1H3,(H,32,37)(H,38,39)/t13-,18?/m0/s1. The van der Waals surface area contributed by atoms with Crippen LogP contribution in [0.5, 0.6) is 0 Å². The van der Waals surface area contributed by atoms with Crippen molar-refractivity contribution in [2.75, 3.05) is 18.1 Å². The molecule has 2 heterocycles. The average Bonchev–Trinajstić information content (AvgIpc) is 3.42. The van der Waals surface area contributed by atoms with Crippen molar-refractivity contribution in [2.24, 2.45) is 0 Å². The van der Waals surface area contributed by atoms with Crippen molar-refractivity contribution in [3.05, 3.63) is 82.0 Å². The fourth-order valence-corrected chi connectivity index (χ4v) is 4.42. The minimum Gasteiger partial charge on any atom is -0.478 e. The number of aromatic nitrogens is 2. The maximum Gasteiger partial charge on any atom is 0.436 e. The number of carbonyl (C=O) groups is 2. The summed E-state index contributed by atoms with van der Waals surface area (Å²) >= 11 is 0. The Hall–Kier alpha value is -4.07. The number of carbonyl (C=O) groups excluding carboxylic acids is 1. The highest BCUT2D eigenvalue weighted by atomic mass is 19.4. The summed E-state index contributed by atoms with van der Waals surface area (Å²) in [6.45, 7) is 0.482. The molecule has 208 valence electrons. The molecule has 8 nitrogen and oxygen atoms in total. The van der Waals surface area contributed by atoms with Gasteiger partial charge in [-0.05, 0) is 42.3 Å². The van der Waals surface area contributed by atoms with E-state index in [0.717, 1.165) is 16.8 Å². The minimum absolute atomic E-state index is 0.0219. The number of nitrogens with zero attached hydrogens (tertiary/aromatic N) is 3. The molecule has 1 unspecified atom stereocenters. The molecule has 2 atom stereocenters. The molecule has 4 rings (SSSR count). The maximum atomic E-state index is 14.0. The van der Waals surface area contributed by atoms with Gasteiger partial charge in [-0.25, -0.2) is 9.48 Å². The van der Waals surface area contributed by atoms with E-state index in [2.05, 4.69) is 10.4 Å². The van der Waals surface area contributed by atoms with Crippen LogP contribution < -0.4 is 10.2 Å². The summed E-state index contributed by atoms with van der Waals surface area (Å²) in [5.41, 5.74) is -2.76. The third kappa shape index (κ3) is 5.70. The molecule has 2 aromatic carbocycles. The second-order valence-corrected chi connectivity index (χ2v) is 9.03. The molecule has 0 bridgehead atoms. The third-order valence-corrected chi connectivity index (χ3v) is 6.30. The number of nitrogens with one attached hydrogen (secondary N) is 1. The van der Waals surface area contributed by atoms with E-state index in [-0.39, 0.29) is 30.0 Å². The number of halogens is 6. The van der Waals surface area contributed by atoms with Crippen molar-refractivity contribution in [1.82, 2.24) is 15.1 Å². The van der Waals surface area contributed by atoms with E-state index in [1.54, 1.807) is 0 Å². The maximum absolute atomic E-state index is 14.0. The fraction of sp³-hybridized carbons (Fsp3) is 0.320. The first-order chi connectivity index (χ1) is 18.2. The molecule has 14 heteroatoms. The molecular weight excluding hydrogens is 534 g/mol. The Morgan fingerprint density at radius 3 is 2.31 bits per heavy atom. The molecule has 0 saturated heterocycles. The highest BCUT2D eigenvalue weighted by molar-refractivity contribution is 6.01. The van der Waals surface area contributed by atoms with E-state index in [1.807, 2.05) is 0 Å². The number of aliphatic hydroxyl groups excluding tert-OH is 1. The number of amides is 1. The van der Waals surface area contributed by atoms with Gasteiger partial charge in [0, 0.05) is 13.1 Å². The number of hydrogen-bond acceptors (Lipinski definition) is 5. The van der Waals surface area contributed by atoms with Gasteiger partial charge in [-0.1, -0.05) is 24.3 Å². The van der Waals surface area contributed by atoms with Gasteiger partial charge in [0.1, 0.15) is 11.4 Å².